The number of rotatable bonds is 5. The summed E-state index contributed by atoms with van der Waals surface area (Å²) in [4.78, 5) is 4.43. The van der Waals surface area contributed by atoms with Gasteiger partial charge < -0.3 is 14.6 Å². The van der Waals surface area contributed by atoms with Gasteiger partial charge in [-0.25, -0.2) is 4.39 Å². The number of benzene rings is 1. The Morgan fingerprint density at radius 3 is 3.10 bits per heavy atom. The van der Waals surface area contributed by atoms with E-state index in [0.717, 1.165) is 12.1 Å². The van der Waals surface area contributed by atoms with Crippen molar-refractivity contribution in [2.24, 2.45) is 0 Å². The van der Waals surface area contributed by atoms with Crippen molar-refractivity contribution < 1.29 is 13.7 Å². The summed E-state index contributed by atoms with van der Waals surface area (Å²) in [6.07, 6.45) is 0.459. The predicted octanol–water partition coefficient (Wildman–Crippen LogP) is 1.89. The van der Waals surface area contributed by atoms with Crippen LogP contribution in [-0.4, -0.2) is 35.9 Å². The minimum Gasteiger partial charge on any atom is -0.379 e. The number of hydrogen-bond donors (Lipinski definition) is 1. The molecule has 0 bridgehead atoms. The molecule has 6 heteroatoms. The maximum Gasteiger partial charge on any atom is 0.233 e. The van der Waals surface area contributed by atoms with Gasteiger partial charge in [0.05, 0.1) is 19.1 Å². The van der Waals surface area contributed by atoms with E-state index >= 15 is 0 Å². The highest BCUT2D eigenvalue weighted by atomic mass is 19.1. The van der Waals surface area contributed by atoms with Gasteiger partial charge in [0, 0.05) is 12.5 Å². The Hall–Kier alpha value is -1.79. The van der Waals surface area contributed by atoms with E-state index in [1.54, 1.807) is 6.07 Å². The van der Waals surface area contributed by atoms with E-state index in [1.165, 1.54) is 12.1 Å². The largest absolute Gasteiger partial charge is 0.379 e. The summed E-state index contributed by atoms with van der Waals surface area (Å²) in [6.45, 7) is 4.16. The van der Waals surface area contributed by atoms with Crippen molar-refractivity contribution in [2.45, 2.75) is 25.3 Å². The molecule has 112 valence electrons. The van der Waals surface area contributed by atoms with Crippen molar-refractivity contribution in [3.63, 3.8) is 0 Å². The summed E-state index contributed by atoms with van der Waals surface area (Å²) in [5, 5.41) is 7.35. The Labute approximate surface area is 122 Å². The van der Waals surface area contributed by atoms with E-state index in [-0.39, 0.29) is 17.8 Å². The number of nitrogens with zero attached hydrogens (tertiary/aromatic N) is 2. The normalized spacial score (nSPS) is 21.8. The van der Waals surface area contributed by atoms with E-state index in [9.17, 15) is 4.39 Å². The molecule has 1 aromatic carbocycles. The first-order valence-corrected chi connectivity index (χ1v) is 7.14. The number of hydrogen-bond acceptors (Lipinski definition) is 5. The average Bonchev–Trinajstić information content (AvgIpc) is 3.08. The van der Waals surface area contributed by atoms with Gasteiger partial charge >= 0.3 is 0 Å². The molecule has 1 aliphatic heterocycles. The van der Waals surface area contributed by atoms with Gasteiger partial charge in [0.25, 0.3) is 0 Å². The lowest BCUT2D eigenvalue weighted by molar-refractivity contribution is 0.185. The average molecular weight is 291 g/mol. The second kappa shape index (κ2) is 6.32. The van der Waals surface area contributed by atoms with Gasteiger partial charge in [-0.05, 0) is 24.2 Å². The molecule has 1 aliphatic rings. The molecule has 21 heavy (non-hydrogen) atoms. The topological polar surface area (TPSA) is 60.2 Å². The monoisotopic (exact) mass is 291 g/mol. The van der Waals surface area contributed by atoms with Gasteiger partial charge in [-0.1, -0.05) is 24.2 Å². The van der Waals surface area contributed by atoms with Crippen LogP contribution in [0.4, 0.5) is 4.39 Å². The van der Waals surface area contributed by atoms with Gasteiger partial charge in [-0.2, -0.15) is 4.98 Å². The minimum atomic E-state index is -0.257. The smallest absolute Gasteiger partial charge is 0.233 e. The van der Waals surface area contributed by atoms with Crippen LogP contribution in [-0.2, 0) is 11.2 Å². The molecule has 1 N–H and O–H groups in total. The summed E-state index contributed by atoms with van der Waals surface area (Å²) in [5.41, 5.74) is 0.827. The molecule has 1 saturated heterocycles. The Kier molecular flexibility index (Phi) is 4.26. The number of nitrogens with one attached hydrogen (secondary N) is 1. The number of halogens is 1. The number of aromatic nitrogens is 2. The zero-order valence-corrected chi connectivity index (χ0v) is 11.9. The molecule has 2 unspecified atom stereocenters. The van der Waals surface area contributed by atoms with E-state index < -0.39 is 0 Å². The Balaban J connectivity index is 1.71. The molecular weight excluding hydrogens is 273 g/mol. The Bertz CT molecular complexity index is 602. The first-order valence-electron chi connectivity index (χ1n) is 7.14. The third kappa shape index (κ3) is 3.28. The minimum absolute atomic E-state index is 0.0821. The van der Waals surface area contributed by atoms with Crippen LogP contribution in [0.2, 0.25) is 0 Å². The molecule has 2 atom stereocenters. The van der Waals surface area contributed by atoms with E-state index in [2.05, 4.69) is 22.4 Å². The lowest BCUT2D eigenvalue weighted by atomic mass is 10.0. The van der Waals surface area contributed by atoms with Crippen LogP contribution in [0.25, 0.3) is 0 Å². The maximum absolute atomic E-state index is 13.2. The molecule has 0 spiro atoms. The van der Waals surface area contributed by atoms with E-state index in [4.69, 9.17) is 9.26 Å². The second-order valence-corrected chi connectivity index (χ2v) is 5.16. The number of ether oxygens (including phenoxy) is 1. The van der Waals surface area contributed by atoms with Crippen LogP contribution < -0.4 is 5.32 Å². The van der Waals surface area contributed by atoms with Crippen LogP contribution in [0.5, 0.6) is 0 Å². The molecule has 0 saturated carbocycles. The first-order chi connectivity index (χ1) is 10.3. The summed E-state index contributed by atoms with van der Waals surface area (Å²) < 4.78 is 24.0. The highest BCUT2D eigenvalue weighted by Gasteiger charge is 2.33. The highest BCUT2D eigenvalue weighted by Crippen LogP contribution is 2.24. The first kappa shape index (κ1) is 14.2. The van der Waals surface area contributed by atoms with Gasteiger partial charge in [-0.15, -0.1) is 0 Å². The zero-order valence-electron chi connectivity index (χ0n) is 11.9. The van der Waals surface area contributed by atoms with Crippen LogP contribution in [0, 0.1) is 5.82 Å². The molecule has 1 aromatic heterocycles. The van der Waals surface area contributed by atoms with Crippen molar-refractivity contribution >= 4 is 0 Å². The van der Waals surface area contributed by atoms with Gasteiger partial charge in [0.1, 0.15) is 5.82 Å². The van der Waals surface area contributed by atoms with Crippen LogP contribution >= 0.6 is 0 Å². The molecule has 2 aromatic rings. The maximum atomic E-state index is 13.2. The van der Waals surface area contributed by atoms with E-state index in [1.807, 2.05) is 6.07 Å². The van der Waals surface area contributed by atoms with Crippen molar-refractivity contribution in [1.29, 1.82) is 0 Å². The molecule has 0 aliphatic carbocycles. The van der Waals surface area contributed by atoms with Crippen molar-refractivity contribution in [1.82, 2.24) is 15.5 Å². The van der Waals surface area contributed by atoms with Crippen LogP contribution in [0.15, 0.2) is 28.8 Å². The molecular formula is C15H18FN3O2. The molecule has 5 nitrogen and oxygen atoms in total. The summed E-state index contributed by atoms with van der Waals surface area (Å²) in [5.74, 6) is 0.980. The SMILES string of the molecule is CCNC1COCC1c1nc(Cc2cccc(F)c2)no1. The Morgan fingerprint density at radius 2 is 2.29 bits per heavy atom. The highest BCUT2D eigenvalue weighted by molar-refractivity contribution is 5.20. The fraction of sp³-hybridized carbons (Fsp3) is 0.467. The van der Waals surface area contributed by atoms with Gasteiger partial charge in [0.15, 0.2) is 5.82 Å². The molecule has 1 fully saturated rings. The molecule has 3 rings (SSSR count). The van der Waals surface area contributed by atoms with Crippen molar-refractivity contribution in [2.75, 3.05) is 19.8 Å². The van der Waals surface area contributed by atoms with Gasteiger partial charge in [-0.3, -0.25) is 0 Å². The van der Waals surface area contributed by atoms with E-state index in [0.29, 0.717) is 31.3 Å². The fourth-order valence-corrected chi connectivity index (χ4v) is 2.58. The number of likely N-dealkylation sites (N-methyl/N-ethyl adjacent to an activating group) is 1. The Morgan fingerprint density at radius 1 is 1.38 bits per heavy atom. The van der Waals surface area contributed by atoms with Gasteiger partial charge in [0.2, 0.25) is 5.89 Å². The predicted molar refractivity (Wildman–Crippen MR) is 74.5 cm³/mol. The quantitative estimate of drug-likeness (QED) is 0.911. The lowest BCUT2D eigenvalue weighted by Crippen LogP contribution is -2.34. The van der Waals surface area contributed by atoms with Crippen molar-refractivity contribution in [3.05, 3.63) is 47.4 Å². The lowest BCUT2D eigenvalue weighted by Gasteiger charge is -2.13. The molecule has 2 heterocycles. The molecule has 0 amide bonds. The third-order valence-corrected chi connectivity index (χ3v) is 3.60. The molecule has 0 radical (unpaired) electrons. The van der Waals surface area contributed by atoms with Crippen LogP contribution in [0.1, 0.15) is 30.1 Å². The zero-order chi connectivity index (χ0) is 14.7. The summed E-state index contributed by atoms with van der Waals surface area (Å²) in [6, 6.07) is 6.63. The summed E-state index contributed by atoms with van der Waals surface area (Å²) in [7, 11) is 0. The van der Waals surface area contributed by atoms with Crippen molar-refractivity contribution in [3.8, 4) is 0 Å². The van der Waals surface area contributed by atoms with Crippen LogP contribution in [0.3, 0.4) is 0 Å². The second-order valence-electron chi connectivity index (χ2n) is 5.16. The fourth-order valence-electron chi connectivity index (χ4n) is 2.58. The standard InChI is InChI=1S/C15H18FN3O2/c1-2-17-13-9-20-8-12(13)15-18-14(19-21-15)7-10-4-3-5-11(16)6-10/h3-6,12-13,17H,2,7-9H2,1H3. The third-order valence-electron chi connectivity index (χ3n) is 3.60. The summed E-state index contributed by atoms with van der Waals surface area (Å²) >= 11 is 0.